The molecule has 0 radical (unpaired) electrons. The van der Waals surface area contributed by atoms with E-state index in [1.54, 1.807) is 41.6 Å². The van der Waals surface area contributed by atoms with E-state index in [4.69, 9.17) is 23.7 Å². The summed E-state index contributed by atoms with van der Waals surface area (Å²) in [5.74, 6) is 3.23. The molecule has 0 amide bonds. The summed E-state index contributed by atoms with van der Waals surface area (Å²) in [7, 11) is 7.99. The summed E-state index contributed by atoms with van der Waals surface area (Å²) in [5, 5.41) is 11.2. The van der Waals surface area contributed by atoms with Gasteiger partial charge >= 0.3 is 0 Å². The Morgan fingerprint density at radius 2 is 1.19 bits per heavy atom. The van der Waals surface area contributed by atoms with Gasteiger partial charge in [-0.1, -0.05) is 24.3 Å². The van der Waals surface area contributed by atoms with Gasteiger partial charge in [0.25, 0.3) is 0 Å². The molecule has 3 aromatic carbocycles. The molecule has 0 aromatic heterocycles. The van der Waals surface area contributed by atoms with Gasteiger partial charge in [-0.05, 0) is 47.0 Å². The fraction of sp³-hybridized carbons (Fsp3) is 0.231. The van der Waals surface area contributed by atoms with Crippen molar-refractivity contribution in [2.45, 2.75) is 6.10 Å². The lowest BCUT2D eigenvalue weighted by atomic mass is 9.94. The average molecular weight is 437 g/mol. The molecule has 6 heteroatoms. The van der Waals surface area contributed by atoms with E-state index in [0.29, 0.717) is 34.1 Å². The van der Waals surface area contributed by atoms with Gasteiger partial charge in [0.1, 0.15) is 34.9 Å². The Hall–Kier alpha value is -3.64. The molecule has 0 aliphatic heterocycles. The molecule has 168 valence electrons. The summed E-state index contributed by atoms with van der Waals surface area (Å²) >= 11 is 0. The molecule has 32 heavy (non-hydrogen) atoms. The van der Waals surface area contributed by atoms with E-state index in [0.717, 1.165) is 16.9 Å². The summed E-state index contributed by atoms with van der Waals surface area (Å²) in [6.45, 7) is 0. The zero-order valence-electron chi connectivity index (χ0n) is 18.9. The molecular formula is C26H28O6. The van der Waals surface area contributed by atoms with Crippen LogP contribution in [0.25, 0.3) is 12.2 Å². The largest absolute Gasteiger partial charge is 0.497 e. The third kappa shape index (κ3) is 5.15. The minimum Gasteiger partial charge on any atom is -0.497 e. The molecular weight excluding hydrogens is 408 g/mol. The lowest BCUT2D eigenvalue weighted by molar-refractivity contribution is 0.214. The number of ether oxygens (including phenoxy) is 5. The number of aliphatic hydroxyl groups is 1. The summed E-state index contributed by atoms with van der Waals surface area (Å²) in [4.78, 5) is 0. The highest BCUT2D eigenvalue weighted by molar-refractivity contribution is 5.75. The number of rotatable bonds is 9. The number of methoxy groups -OCH3 is 5. The molecule has 0 heterocycles. The van der Waals surface area contributed by atoms with Crippen LogP contribution in [0.2, 0.25) is 0 Å². The monoisotopic (exact) mass is 436 g/mol. The van der Waals surface area contributed by atoms with Crippen molar-refractivity contribution >= 4 is 12.2 Å². The smallest absolute Gasteiger partial charge is 0.129 e. The van der Waals surface area contributed by atoms with Crippen LogP contribution in [0.4, 0.5) is 0 Å². The van der Waals surface area contributed by atoms with Gasteiger partial charge in [0.15, 0.2) is 0 Å². The molecule has 0 aliphatic carbocycles. The first-order chi connectivity index (χ1) is 15.5. The Morgan fingerprint density at radius 1 is 0.625 bits per heavy atom. The van der Waals surface area contributed by atoms with E-state index in [9.17, 15) is 5.11 Å². The molecule has 0 saturated carbocycles. The van der Waals surface area contributed by atoms with Crippen LogP contribution in [-0.2, 0) is 0 Å². The fourth-order valence-electron chi connectivity index (χ4n) is 3.40. The number of hydrogen-bond acceptors (Lipinski definition) is 6. The van der Waals surface area contributed by atoms with Crippen LogP contribution in [0.3, 0.4) is 0 Å². The lowest BCUT2D eigenvalue weighted by Gasteiger charge is -2.19. The normalized spacial score (nSPS) is 11.8. The van der Waals surface area contributed by atoms with Crippen LogP contribution >= 0.6 is 0 Å². The summed E-state index contributed by atoms with van der Waals surface area (Å²) in [6, 6.07) is 16.5. The van der Waals surface area contributed by atoms with Gasteiger partial charge < -0.3 is 28.8 Å². The van der Waals surface area contributed by atoms with Gasteiger partial charge in [0, 0.05) is 17.7 Å². The minimum atomic E-state index is -0.916. The standard InChI is InChI=1S/C26H28O6/c1-28-20-10-8-18(9-11-20)26(27)25-19(14-23(31-4)16-24(25)32-5)7-6-17-12-21(29-2)15-22(13-17)30-3/h6-16,26-27H,1-5H3. The Kier molecular flexibility index (Phi) is 7.63. The van der Waals surface area contributed by atoms with Crippen molar-refractivity contribution in [1.82, 2.24) is 0 Å². The Labute approximate surface area is 188 Å². The highest BCUT2D eigenvalue weighted by Gasteiger charge is 2.20. The first-order valence-electron chi connectivity index (χ1n) is 10.0. The average Bonchev–Trinajstić information content (AvgIpc) is 2.86. The molecule has 3 rings (SSSR count). The maximum atomic E-state index is 11.2. The topological polar surface area (TPSA) is 66.4 Å². The van der Waals surface area contributed by atoms with Gasteiger partial charge in [-0.25, -0.2) is 0 Å². The van der Waals surface area contributed by atoms with E-state index < -0.39 is 6.10 Å². The SMILES string of the molecule is COc1ccc(C(O)c2c(C=Cc3cc(OC)cc(OC)c3)cc(OC)cc2OC)cc1. The van der Waals surface area contributed by atoms with Gasteiger partial charge in [-0.15, -0.1) is 0 Å². The minimum absolute atomic E-state index is 0.524. The lowest BCUT2D eigenvalue weighted by Crippen LogP contribution is -2.05. The summed E-state index contributed by atoms with van der Waals surface area (Å²) in [6.07, 6.45) is 2.91. The number of hydrogen-bond donors (Lipinski definition) is 1. The second kappa shape index (κ2) is 10.6. The molecule has 1 unspecified atom stereocenters. The predicted molar refractivity (Wildman–Crippen MR) is 125 cm³/mol. The second-order valence-corrected chi connectivity index (χ2v) is 6.99. The molecule has 0 bridgehead atoms. The molecule has 0 spiro atoms. The van der Waals surface area contributed by atoms with E-state index in [2.05, 4.69) is 0 Å². The molecule has 0 aliphatic rings. The maximum absolute atomic E-state index is 11.2. The third-order valence-electron chi connectivity index (χ3n) is 5.14. The first-order valence-corrected chi connectivity index (χ1v) is 10.0. The molecule has 3 aromatic rings. The highest BCUT2D eigenvalue weighted by atomic mass is 16.5. The van der Waals surface area contributed by atoms with Crippen molar-refractivity contribution in [3.8, 4) is 28.7 Å². The quantitative estimate of drug-likeness (QED) is 0.477. The van der Waals surface area contributed by atoms with Gasteiger partial charge in [0.2, 0.25) is 0 Å². The molecule has 0 saturated heterocycles. The summed E-state index contributed by atoms with van der Waals surface area (Å²) < 4.78 is 27.0. The van der Waals surface area contributed by atoms with E-state index in [1.165, 1.54) is 0 Å². The van der Waals surface area contributed by atoms with Crippen molar-refractivity contribution in [3.63, 3.8) is 0 Å². The van der Waals surface area contributed by atoms with Crippen LogP contribution in [-0.4, -0.2) is 40.7 Å². The van der Waals surface area contributed by atoms with E-state index in [1.807, 2.05) is 60.7 Å². The van der Waals surface area contributed by atoms with Gasteiger partial charge in [-0.3, -0.25) is 0 Å². The molecule has 6 nitrogen and oxygen atoms in total. The van der Waals surface area contributed by atoms with Crippen LogP contribution in [0.5, 0.6) is 28.7 Å². The Bertz CT molecular complexity index is 1050. The van der Waals surface area contributed by atoms with Gasteiger partial charge in [-0.2, -0.15) is 0 Å². The number of benzene rings is 3. The van der Waals surface area contributed by atoms with Crippen LogP contribution in [0, 0.1) is 0 Å². The summed E-state index contributed by atoms with van der Waals surface area (Å²) in [5.41, 5.74) is 2.98. The molecule has 0 fully saturated rings. The van der Waals surface area contributed by atoms with Crippen molar-refractivity contribution in [2.24, 2.45) is 0 Å². The fourth-order valence-corrected chi connectivity index (χ4v) is 3.40. The molecule has 1 N–H and O–H groups in total. The Balaban J connectivity index is 2.08. The van der Waals surface area contributed by atoms with Crippen molar-refractivity contribution < 1.29 is 28.8 Å². The molecule has 1 atom stereocenters. The van der Waals surface area contributed by atoms with E-state index >= 15 is 0 Å². The Morgan fingerprint density at radius 3 is 1.72 bits per heavy atom. The predicted octanol–water partition coefficient (Wildman–Crippen LogP) is 4.98. The van der Waals surface area contributed by atoms with Crippen molar-refractivity contribution in [2.75, 3.05) is 35.5 Å². The van der Waals surface area contributed by atoms with Crippen LogP contribution in [0.15, 0.2) is 54.6 Å². The van der Waals surface area contributed by atoms with E-state index in [-0.39, 0.29) is 0 Å². The van der Waals surface area contributed by atoms with Crippen molar-refractivity contribution in [1.29, 1.82) is 0 Å². The van der Waals surface area contributed by atoms with Crippen LogP contribution < -0.4 is 23.7 Å². The third-order valence-corrected chi connectivity index (χ3v) is 5.14. The first kappa shape index (κ1) is 23.0. The number of aliphatic hydroxyl groups excluding tert-OH is 1. The zero-order valence-corrected chi connectivity index (χ0v) is 18.9. The second-order valence-electron chi connectivity index (χ2n) is 6.99. The maximum Gasteiger partial charge on any atom is 0.129 e. The highest BCUT2D eigenvalue weighted by Crippen LogP contribution is 2.38. The van der Waals surface area contributed by atoms with Crippen LogP contribution in [0.1, 0.15) is 28.4 Å². The zero-order chi connectivity index (χ0) is 23.1. The van der Waals surface area contributed by atoms with Gasteiger partial charge in [0.05, 0.1) is 35.5 Å². The van der Waals surface area contributed by atoms with Crippen molar-refractivity contribution in [3.05, 3.63) is 76.9 Å².